The Morgan fingerprint density at radius 3 is 2.20 bits per heavy atom. The van der Waals surface area contributed by atoms with Crippen LogP contribution in [-0.4, -0.2) is 9.55 Å². The molecule has 0 atom stereocenters. The number of rotatable bonds is 1. The van der Waals surface area contributed by atoms with Crippen molar-refractivity contribution in [2.45, 2.75) is 13.8 Å². The lowest BCUT2D eigenvalue weighted by atomic mass is 10.1. The molecular weight excluding hydrogens is 252 g/mol. The van der Waals surface area contributed by atoms with E-state index in [-0.39, 0.29) is 0 Å². The summed E-state index contributed by atoms with van der Waals surface area (Å²) in [6.45, 7) is 4.09. The lowest BCUT2D eigenvalue weighted by Gasteiger charge is -1.99. The van der Waals surface area contributed by atoms with Gasteiger partial charge in [-0.05, 0) is 29.8 Å². The van der Waals surface area contributed by atoms with Gasteiger partial charge in [-0.25, -0.2) is 4.98 Å². The molecule has 0 aliphatic heterocycles. The zero-order valence-electron chi connectivity index (χ0n) is 9.08. The molecule has 0 saturated heterocycles. The third-order valence-electron chi connectivity index (χ3n) is 2.57. The van der Waals surface area contributed by atoms with E-state index in [1.807, 2.05) is 18.5 Å². The summed E-state index contributed by atoms with van der Waals surface area (Å²) in [6.07, 6.45) is 0. The summed E-state index contributed by atoms with van der Waals surface area (Å²) in [5, 5.41) is 0. The number of aromatic nitrogens is 2. The van der Waals surface area contributed by atoms with E-state index in [1.54, 1.807) is 0 Å². The van der Waals surface area contributed by atoms with E-state index < -0.39 is 0 Å². The first-order chi connectivity index (χ1) is 7.09. The number of halogens is 1. The topological polar surface area (TPSA) is 17.8 Å². The fourth-order valence-corrected chi connectivity index (χ4v) is 2.05. The van der Waals surface area contributed by atoms with E-state index in [4.69, 9.17) is 0 Å². The summed E-state index contributed by atoms with van der Waals surface area (Å²) in [5.41, 5.74) is 3.42. The van der Waals surface area contributed by atoms with E-state index in [1.165, 1.54) is 5.56 Å². The standard InChI is InChI=1S/C12H13BrN2/c1-8-4-6-10(7-5-8)11-12(13)15(3)9(2)14-11/h4-7H,1-3H3. The lowest BCUT2D eigenvalue weighted by molar-refractivity contribution is 0.840. The summed E-state index contributed by atoms with van der Waals surface area (Å²) in [4.78, 5) is 4.53. The highest BCUT2D eigenvalue weighted by Gasteiger charge is 2.10. The molecule has 1 heterocycles. The average molecular weight is 265 g/mol. The molecule has 0 bridgehead atoms. The molecule has 0 radical (unpaired) electrons. The maximum absolute atomic E-state index is 4.53. The van der Waals surface area contributed by atoms with Gasteiger partial charge in [0.15, 0.2) is 0 Å². The van der Waals surface area contributed by atoms with Crippen LogP contribution in [0.25, 0.3) is 11.3 Å². The molecule has 3 heteroatoms. The molecule has 78 valence electrons. The van der Waals surface area contributed by atoms with Crippen molar-refractivity contribution in [3.8, 4) is 11.3 Å². The Morgan fingerprint density at radius 2 is 1.73 bits per heavy atom. The maximum Gasteiger partial charge on any atom is 0.112 e. The molecule has 2 rings (SSSR count). The second kappa shape index (κ2) is 3.81. The molecule has 0 fully saturated rings. The lowest BCUT2D eigenvalue weighted by Crippen LogP contribution is -1.90. The van der Waals surface area contributed by atoms with Gasteiger partial charge in [0, 0.05) is 12.6 Å². The molecule has 1 aromatic heterocycles. The van der Waals surface area contributed by atoms with Crippen LogP contribution < -0.4 is 0 Å². The molecule has 0 amide bonds. The van der Waals surface area contributed by atoms with Crippen LogP contribution in [0.3, 0.4) is 0 Å². The van der Waals surface area contributed by atoms with Gasteiger partial charge in [-0.15, -0.1) is 0 Å². The van der Waals surface area contributed by atoms with Crippen molar-refractivity contribution in [2.24, 2.45) is 7.05 Å². The average Bonchev–Trinajstić information content (AvgIpc) is 2.47. The quantitative estimate of drug-likeness (QED) is 0.772. The number of aryl methyl sites for hydroxylation is 2. The fourth-order valence-electron chi connectivity index (χ4n) is 1.48. The molecule has 0 unspecified atom stereocenters. The van der Waals surface area contributed by atoms with E-state index >= 15 is 0 Å². The highest BCUT2D eigenvalue weighted by atomic mass is 79.9. The third-order valence-corrected chi connectivity index (χ3v) is 3.48. The van der Waals surface area contributed by atoms with Gasteiger partial charge < -0.3 is 4.57 Å². The molecule has 0 spiro atoms. The predicted molar refractivity (Wildman–Crippen MR) is 65.8 cm³/mol. The van der Waals surface area contributed by atoms with Crippen LogP contribution in [0, 0.1) is 13.8 Å². The van der Waals surface area contributed by atoms with Gasteiger partial charge >= 0.3 is 0 Å². The minimum absolute atomic E-state index is 1.01. The zero-order chi connectivity index (χ0) is 11.0. The number of benzene rings is 1. The Labute approximate surface area is 98.1 Å². The van der Waals surface area contributed by atoms with E-state index in [0.29, 0.717) is 0 Å². The van der Waals surface area contributed by atoms with Crippen molar-refractivity contribution in [3.05, 3.63) is 40.3 Å². The Morgan fingerprint density at radius 1 is 1.13 bits per heavy atom. The van der Waals surface area contributed by atoms with Gasteiger partial charge in [0.2, 0.25) is 0 Å². The van der Waals surface area contributed by atoms with Crippen molar-refractivity contribution in [1.29, 1.82) is 0 Å². The smallest absolute Gasteiger partial charge is 0.112 e. The summed E-state index contributed by atoms with van der Waals surface area (Å²) >= 11 is 3.56. The van der Waals surface area contributed by atoms with Crippen LogP contribution in [0.2, 0.25) is 0 Å². The number of hydrogen-bond donors (Lipinski definition) is 0. The van der Waals surface area contributed by atoms with Crippen LogP contribution in [0.1, 0.15) is 11.4 Å². The van der Waals surface area contributed by atoms with Crippen molar-refractivity contribution >= 4 is 15.9 Å². The van der Waals surface area contributed by atoms with Gasteiger partial charge in [-0.2, -0.15) is 0 Å². The highest BCUT2D eigenvalue weighted by molar-refractivity contribution is 9.10. The van der Waals surface area contributed by atoms with Crippen LogP contribution in [-0.2, 0) is 7.05 Å². The SMILES string of the molecule is Cc1ccc(-c2nc(C)n(C)c2Br)cc1. The zero-order valence-corrected chi connectivity index (χ0v) is 10.7. The van der Waals surface area contributed by atoms with E-state index in [9.17, 15) is 0 Å². The van der Waals surface area contributed by atoms with E-state index in [0.717, 1.165) is 21.7 Å². The van der Waals surface area contributed by atoms with Gasteiger partial charge in [0.05, 0.1) is 0 Å². The fraction of sp³-hybridized carbons (Fsp3) is 0.250. The molecule has 0 aliphatic rings. The molecule has 1 aromatic carbocycles. The molecular formula is C12H13BrN2. The van der Waals surface area contributed by atoms with Crippen molar-refractivity contribution in [3.63, 3.8) is 0 Å². The van der Waals surface area contributed by atoms with Crippen LogP contribution in [0.15, 0.2) is 28.9 Å². The molecule has 15 heavy (non-hydrogen) atoms. The van der Waals surface area contributed by atoms with Gasteiger partial charge in [0.1, 0.15) is 16.1 Å². The normalized spacial score (nSPS) is 10.7. The van der Waals surface area contributed by atoms with E-state index in [2.05, 4.69) is 52.1 Å². The minimum Gasteiger partial charge on any atom is -0.326 e. The van der Waals surface area contributed by atoms with Crippen LogP contribution in [0.4, 0.5) is 0 Å². The summed E-state index contributed by atoms with van der Waals surface area (Å²) < 4.78 is 3.07. The van der Waals surface area contributed by atoms with Crippen molar-refractivity contribution < 1.29 is 0 Å². The van der Waals surface area contributed by atoms with Crippen LogP contribution >= 0.6 is 15.9 Å². The molecule has 0 saturated carbocycles. The molecule has 0 N–H and O–H groups in total. The van der Waals surface area contributed by atoms with Gasteiger partial charge in [0.25, 0.3) is 0 Å². The van der Waals surface area contributed by atoms with Gasteiger partial charge in [-0.1, -0.05) is 29.8 Å². The Kier molecular flexibility index (Phi) is 2.65. The predicted octanol–water partition coefficient (Wildman–Crippen LogP) is 3.47. The second-order valence-corrected chi connectivity index (χ2v) is 4.47. The molecule has 2 nitrogen and oxygen atoms in total. The number of hydrogen-bond acceptors (Lipinski definition) is 1. The first kappa shape index (κ1) is 10.4. The summed E-state index contributed by atoms with van der Waals surface area (Å²) in [5.74, 6) is 1.01. The third kappa shape index (κ3) is 1.84. The second-order valence-electron chi connectivity index (χ2n) is 3.72. The Balaban J connectivity index is 2.54. The minimum atomic E-state index is 1.01. The first-order valence-electron chi connectivity index (χ1n) is 4.85. The van der Waals surface area contributed by atoms with Crippen LogP contribution in [0.5, 0.6) is 0 Å². The largest absolute Gasteiger partial charge is 0.326 e. The maximum atomic E-state index is 4.53. The molecule has 2 aromatic rings. The Bertz CT molecular complexity index is 483. The number of imidazole rings is 1. The first-order valence-corrected chi connectivity index (χ1v) is 5.64. The monoisotopic (exact) mass is 264 g/mol. The Hall–Kier alpha value is -1.09. The van der Waals surface area contributed by atoms with Crippen molar-refractivity contribution in [2.75, 3.05) is 0 Å². The van der Waals surface area contributed by atoms with Gasteiger partial charge in [-0.3, -0.25) is 0 Å². The van der Waals surface area contributed by atoms with Crippen molar-refractivity contribution in [1.82, 2.24) is 9.55 Å². The summed E-state index contributed by atoms with van der Waals surface area (Å²) in [6, 6.07) is 8.40. The highest BCUT2D eigenvalue weighted by Crippen LogP contribution is 2.27. The summed E-state index contributed by atoms with van der Waals surface area (Å²) in [7, 11) is 2.00. The molecule has 0 aliphatic carbocycles. The number of nitrogens with zero attached hydrogens (tertiary/aromatic N) is 2.